The molecule has 0 radical (unpaired) electrons. The Labute approximate surface area is 126 Å². The fourth-order valence-corrected chi connectivity index (χ4v) is 3.13. The molecule has 1 aromatic carbocycles. The van der Waals surface area contributed by atoms with Crippen molar-refractivity contribution < 1.29 is 0 Å². The van der Waals surface area contributed by atoms with Gasteiger partial charge in [-0.1, -0.05) is 38.1 Å². The highest BCUT2D eigenvalue weighted by atomic mass is 15.3. The van der Waals surface area contributed by atoms with Crippen molar-refractivity contribution in [1.29, 1.82) is 0 Å². The third kappa shape index (κ3) is 3.32. The average molecular weight is 284 g/mol. The summed E-state index contributed by atoms with van der Waals surface area (Å²) in [5.74, 6) is 1.60. The van der Waals surface area contributed by atoms with E-state index < -0.39 is 0 Å². The zero-order chi connectivity index (χ0) is 14.7. The zero-order valence-corrected chi connectivity index (χ0v) is 12.9. The summed E-state index contributed by atoms with van der Waals surface area (Å²) in [6.45, 7) is 6.02. The number of nitrogens with one attached hydrogen (secondary N) is 1. The third-order valence-electron chi connectivity index (χ3n) is 4.25. The molecule has 4 nitrogen and oxygen atoms in total. The van der Waals surface area contributed by atoms with Gasteiger partial charge in [-0.2, -0.15) is 5.10 Å². The topological polar surface area (TPSA) is 42.7 Å². The molecular weight excluding hydrogens is 260 g/mol. The normalized spacial score (nSPS) is 18.0. The molecule has 3 rings (SSSR count). The van der Waals surface area contributed by atoms with Gasteiger partial charge in [0.2, 0.25) is 0 Å². The monoisotopic (exact) mass is 284 g/mol. The van der Waals surface area contributed by atoms with Crippen molar-refractivity contribution >= 4 is 0 Å². The Morgan fingerprint density at radius 2 is 2.19 bits per heavy atom. The van der Waals surface area contributed by atoms with Crippen LogP contribution in [0, 0.1) is 0 Å². The van der Waals surface area contributed by atoms with Crippen LogP contribution in [-0.2, 0) is 19.5 Å². The van der Waals surface area contributed by atoms with E-state index in [1.807, 2.05) is 0 Å². The maximum absolute atomic E-state index is 4.43. The van der Waals surface area contributed by atoms with Crippen LogP contribution in [0.2, 0.25) is 0 Å². The predicted molar refractivity (Wildman–Crippen MR) is 84.1 cm³/mol. The fourth-order valence-electron chi connectivity index (χ4n) is 3.13. The van der Waals surface area contributed by atoms with Gasteiger partial charge in [0.05, 0.1) is 6.54 Å². The molecule has 2 aromatic rings. The lowest BCUT2D eigenvalue weighted by atomic mass is 9.83. The van der Waals surface area contributed by atoms with E-state index in [0.717, 1.165) is 18.9 Å². The van der Waals surface area contributed by atoms with E-state index >= 15 is 0 Å². The Kier molecular flexibility index (Phi) is 4.34. The summed E-state index contributed by atoms with van der Waals surface area (Å²) < 4.78 is 2.07. The van der Waals surface area contributed by atoms with Gasteiger partial charge in [-0.15, -0.1) is 0 Å². The molecule has 21 heavy (non-hydrogen) atoms. The molecule has 1 aliphatic rings. The van der Waals surface area contributed by atoms with Crippen molar-refractivity contribution in [3.63, 3.8) is 0 Å². The molecule has 1 atom stereocenters. The number of nitrogens with zero attached hydrogens (tertiary/aromatic N) is 3. The first-order chi connectivity index (χ1) is 10.2. The fraction of sp³-hybridized carbons (Fsp3) is 0.529. The van der Waals surface area contributed by atoms with Gasteiger partial charge in [0.1, 0.15) is 12.2 Å². The lowest BCUT2D eigenvalue weighted by Crippen LogP contribution is -2.25. The maximum atomic E-state index is 4.43. The number of hydrogen-bond donors (Lipinski definition) is 1. The van der Waals surface area contributed by atoms with Crippen LogP contribution in [0.3, 0.4) is 0 Å². The third-order valence-corrected chi connectivity index (χ3v) is 4.25. The van der Waals surface area contributed by atoms with Crippen molar-refractivity contribution in [2.45, 2.75) is 58.2 Å². The highest BCUT2D eigenvalue weighted by molar-refractivity contribution is 5.32. The average Bonchev–Trinajstić information content (AvgIpc) is 2.93. The van der Waals surface area contributed by atoms with E-state index in [2.05, 4.69) is 58.2 Å². The molecule has 0 aliphatic heterocycles. The SMILES string of the molecule is CC(C)NCc1ncnn1CC1CCCc2ccccc21. The molecule has 1 N–H and O–H groups in total. The van der Waals surface area contributed by atoms with E-state index in [-0.39, 0.29) is 0 Å². The lowest BCUT2D eigenvalue weighted by Gasteiger charge is -2.25. The summed E-state index contributed by atoms with van der Waals surface area (Å²) in [6.07, 6.45) is 5.40. The lowest BCUT2D eigenvalue weighted by molar-refractivity contribution is 0.436. The molecule has 1 aliphatic carbocycles. The number of rotatable bonds is 5. The molecule has 1 unspecified atom stereocenters. The summed E-state index contributed by atoms with van der Waals surface area (Å²) in [5, 5.41) is 7.85. The van der Waals surface area contributed by atoms with Crippen LogP contribution in [0.25, 0.3) is 0 Å². The Balaban J connectivity index is 1.75. The zero-order valence-electron chi connectivity index (χ0n) is 12.9. The van der Waals surface area contributed by atoms with Crippen LogP contribution in [0.5, 0.6) is 0 Å². The van der Waals surface area contributed by atoms with Crippen molar-refractivity contribution in [3.8, 4) is 0 Å². The van der Waals surface area contributed by atoms with Gasteiger partial charge >= 0.3 is 0 Å². The summed E-state index contributed by atoms with van der Waals surface area (Å²) >= 11 is 0. The van der Waals surface area contributed by atoms with Crippen LogP contribution < -0.4 is 5.32 Å². The summed E-state index contributed by atoms with van der Waals surface area (Å²) in [5.41, 5.74) is 3.01. The molecule has 0 saturated heterocycles. The van der Waals surface area contributed by atoms with Gasteiger partial charge in [-0.3, -0.25) is 0 Å². The first-order valence-electron chi connectivity index (χ1n) is 7.92. The Bertz CT molecular complexity index is 588. The molecule has 0 bridgehead atoms. The predicted octanol–water partition coefficient (Wildman–Crippen LogP) is 2.90. The van der Waals surface area contributed by atoms with Crippen LogP contribution in [0.4, 0.5) is 0 Å². The van der Waals surface area contributed by atoms with E-state index in [0.29, 0.717) is 12.0 Å². The minimum absolute atomic E-state index is 0.463. The minimum Gasteiger partial charge on any atom is -0.308 e. The van der Waals surface area contributed by atoms with Crippen molar-refractivity contribution in [1.82, 2.24) is 20.1 Å². The molecule has 112 valence electrons. The van der Waals surface area contributed by atoms with Gasteiger partial charge in [0.25, 0.3) is 0 Å². The minimum atomic E-state index is 0.463. The first kappa shape index (κ1) is 14.3. The summed E-state index contributed by atoms with van der Waals surface area (Å²) in [6, 6.07) is 9.31. The Morgan fingerprint density at radius 3 is 3.05 bits per heavy atom. The highest BCUT2D eigenvalue weighted by Gasteiger charge is 2.21. The molecule has 0 spiro atoms. The largest absolute Gasteiger partial charge is 0.308 e. The number of fused-ring (bicyclic) bond motifs is 1. The van der Waals surface area contributed by atoms with Gasteiger partial charge < -0.3 is 5.32 Å². The molecule has 0 amide bonds. The number of benzene rings is 1. The summed E-state index contributed by atoms with van der Waals surface area (Å²) in [4.78, 5) is 4.40. The molecular formula is C17H24N4. The van der Waals surface area contributed by atoms with Crippen LogP contribution in [-0.4, -0.2) is 20.8 Å². The van der Waals surface area contributed by atoms with Gasteiger partial charge in [-0.05, 0) is 30.4 Å². The van der Waals surface area contributed by atoms with E-state index in [1.54, 1.807) is 6.33 Å². The number of hydrogen-bond acceptors (Lipinski definition) is 3. The highest BCUT2D eigenvalue weighted by Crippen LogP contribution is 2.32. The Hall–Kier alpha value is -1.68. The second kappa shape index (κ2) is 6.39. The second-order valence-corrected chi connectivity index (χ2v) is 6.18. The van der Waals surface area contributed by atoms with Gasteiger partial charge in [-0.25, -0.2) is 9.67 Å². The molecule has 0 fully saturated rings. The van der Waals surface area contributed by atoms with E-state index in [4.69, 9.17) is 0 Å². The standard InChI is InChI=1S/C17H24N4/c1-13(2)18-10-17-19-12-20-21(17)11-15-8-5-7-14-6-3-4-9-16(14)15/h3-4,6,9,12-13,15,18H,5,7-8,10-11H2,1-2H3. The van der Waals surface area contributed by atoms with Gasteiger partial charge in [0, 0.05) is 18.5 Å². The maximum Gasteiger partial charge on any atom is 0.140 e. The molecule has 0 saturated carbocycles. The molecule has 4 heteroatoms. The molecule has 1 heterocycles. The summed E-state index contributed by atoms with van der Waals surface area (Å²) in [7, 11) is 0. The van der Waals surface area contributed by atoms with Crippen molar-refractivity contribution in [3.05, 3.63) is 47.5 Å². The van der Waals surface area contributed by atoms with E-state index in [9.17, 15) is 0 Å². The first-order valence-corrected chi connectivity index (χ1v) is 7.92. The van der Waals surface area contributed by atoms with Gasteiger partial charge in [0.15, 0.2) is 0 Å². The number of aryl methyl sites for hydroxylation is 1. The van der Waals surface area contributed by atoms with E-state index in [1.165, 1.54) is 30.4 Å². The van der Waals surface area contributed by atoms with Crippen LogP contribution in [0.15, 0.2) is 30.6 Å². The van der Waals surface area contributed by atoms with Crippen molar-refractivity contribution in [2.24, 2.45) is 0 Å². The Morgan fingerprint density at radius 1 is 1.33 bits per heavy atom. The van der Waals surface area contributed by atoms with Crippen LogP contribution in [0.1, 0.15) is 49.6 Å². The smallest absolute Gasteiger partial charge is 0.140 e. The second-order valence-electron chi connectivity index (χ2n) is 6.18. The number of aromatic nitrogens is 3. The molecule has 1 aromatic heterocycles. The van der Waals surface area contributed by atoms with Crippen molar-refractivity contribution in [2.75, 3.05) is 0 Å². The quantitative estimate of drug-likeness (QED) is 0.918. The van der Waals surface area contributed by atoms with Crippen LogP contribution >= 0.6 is 0 Å².